The second-order valence-corrected chi connectivity index (χ2v) is 6.62. The van der Waals surface area contributed by atoms with Crippen molar-refractivity contribution in [3.63, 3.8) is 0 Å². The van der Waals surface area contributed by atoms with Crippen LogP contribution in [-0.4, -0.2) is 28.9 Å². The summed E-state index contributed by atoms with van der Waals surface area (Å²) in [5, 5.41) is 3.49. The van der Waals surface area contributed by atoms with Crippen LogP contribution in [-0.2, 0) is 11.3 Å². The molecule has 1 atom stereocenters. The number of carbonyl (C=O) groups is 1. The second kappa shape index (κ2) is 5.80. The molecular weight excluding hydrogens is 260 g/mol. The van der Waals surface area contributed by atoms with E-state index in [-0.39, 0.29) is 5.54 Å². The molecule has 3 rings (SSSR count). The van der Waals surface area contributed by atoms with Gasteiger partial charge in [-0.25, -0.2) is 0 Å². The molecule has 1 unspecified atom stereocenters. The Hall–Kier alpha value is -1.35. The number of rotatable bonds is 5. The fourth-order valence-corrected chi connectivity index (χ4v) is 3.36. The monoisotopic (exact) mass is 286 g/mol. The lowest BCUT2D eigenvalue weighted by molar-refractivity contribution is -0.139. The summed E-state index contributed by atoms with van der Waals surface area (Å²) in [6.45, 7) is 5.96. The number of hydrogen-bond donors (Lipinski definition) is 1. The zero-order valence-electron chi connectivity index (χ0n) is 13.2. The minimum Gasteiger partial charge on any atom is -0.334 e. The Morgan fingerprint density at radius 2 is 2.05 bits per heavy atom. The Kier molecular flexibility index (Phi) is 4.03. The van der Waals surface area contributed by atoms with E-state index in [9.17, 15) is 4.79 Å². The van der Waals surface area contributed by atoms with Crippen molar-refractivity contribution in [2.45, 2.75) is 64.1 Å². The largest absolute Gasteiger partial charge is 0.334 e. The molecule has 0 radical (unpaired) electrons. The van der Waals surface area contributed by atoms with Gasteiger partial charge in [0.1, 0.15) is 0 Å². The molecule has 2 fully saturated rings. The summed E-state index contributed by atoms with van der Waals surface area (Å²) < 4.78 is 0. The van der Waals surface area contributed by atoms with Crippen LogP contribution in [0.1, 0.15) is 50.2 Å². The Bertz CT molecular complexity index is 498. The normalized spacial score (nSPS) is 25.0. The van der Waals surface area contributed by atoms with E-state index in [1.807, 2.05) is 0 Å². The predicted octanol–water partition coefficient (Wildman–Crippen LogP) is 3.02. The van der Waals surface area contributed by atoms with Crippen LogP contribution in [0, 0.1) is 6.92 Å². The van der Waals surface area contributed by atoms with Gasteiger partial charge in [-0.2, -0.15) is 0 Å². The summed E-state index contributed by atoms with van der Waals surface area (Å²) in [6, 6.07) is 9.03. The quantitative estimate of drug-likeness (QED) is 0.902. The van der Waals surface area contributed by atoms with Crippen molar-refractivity contribution in [3.8, 4) is 0 Å². The van der Waals surface area contributed by atoms with E-state index in [4.69, 9.17) is 0 Å². The lowest BCUT2D eigenvalue weighted by Crippen LogP contribution is -2.54. The number of amides is 1. The van der Waals surface area contributed by atoms with E-state index >= 15 is 0 Å². The molecule has 0 aromatic heterocycles. The standard InChI is InChI=1S/C18H26N2O/c1-3-18(11-4-12-19-18)17(21)20(16-9-10-16)13-15-7-5-14(2)6-8-15/h5-8,16,19H,3-4,9-13H2,1-2H3. The summed E-state index contributed by atoms with van der Waals surface area (Å²) in [5.74, 6) is 0.325. The first-order chi connectivity index (χ1) is 10.1. The third-order valence-electron chi connectivity index (χ3n) is 4.98. The third kappa shape index (κ3) is 2.98. The maximum Gasteiger partial charge on any atom is 0.243 e. The van der Waals surface area contributed by atoms with E-state index < -0.39 is 0 Å². The van der Waals surface area contributed by atoms with Crippen LogP contribution in [0.3, 0.4) is 0 Å². The first-order valence-electron chi connectivity index (χ1n) is 8.26. The van der Waals surface area contributed by atoms with Crippen LogP contribution >= 0.6 is 0 Å². The van der Waals surface area contributed by atoms with Crippen LogP contribution in [0.4, 0.5) is 0 Å². The van der Waals surface area contributed by atoms with E-state index in [0.29, 0.717) is 11.9 Å². The highest BCUT2D eigenvalue weighted by Gasteiger charge is 2.45. The van der Waals surface area contributed by atoms with Gasteiger partial charge in [0.25, 0.3) is 0 Å². The highest BCUT2D eigenvalue weighted by atomic mass is 16.2. The van der Waals surface area contributed by atoms with Gasteiger partial charge in [0.15, 0.2) is 0 Å². The molecule has 2 aliphatic rings. The van der Waals surface area contributed by atoms with Crippen molar-refractivity contribution in [2.75, 3.05) is 6.54 Å². The molecule has 1 aliphatic heterocycles. The molecule has 0 bridgehead atoms. The molecule has 21 heavy (non-hydrogen) atoms. The van der Waals surface area contributed by atoms with Crippen molar-refractivity contribution in [1.82, 2.24) is 10.2 Å². The van der Waals surface area contributed by atoms with Crippen molar-refractivity contribution >= 4 is 5.91 Å². The third-order valence-corrected chi connectivity index (χ3v) is 4.98. The highest BCUT2D eigenvalue weighted by Crippen LogP contribution is 2.34. The Morgan fingerprint density at radius 3 is 2.57 bits per heavy atom. The van der Waals surface area contributed by atoms with Gasteiger partial charge in [-0.15, -0.1) is 0 Å². The van der Waals surface area contributed by atoms with E-state index in [1.165, 1.54) is 11.1 Å². The van der Waals surface area contributed by atoms with Gasteiger partial charge < -0.3 is 10.2 Å². The smallest absolute Gasteiger partial charge is 0.243 e. The zero-order chi connectivity index (χ0) is 14.9. The van der Waals surface area contributed by atoms with Gasteiger partial charge in [0.05, 0.1) is 5.54 Å². The minimum atomic E-state index is -0.298. The Morgan fingerprint density at radius 1 is 1.33 bits per heavy atom. The minimum absolute atomic E-state index is 0.298. The molecule has 1 aromatic rings. The summed E-state index contributed by atoms with van der Waals surface area (Å²) in [6.07, 6.45) is 5.32. The molecule has 1 aromatic carbocycles. The number of hydrogen-bond acceptors (Lipinski definition) is 2. The summed E-state index contributed by atoms with van der Waals surface area (Å²) >= 11 is 0. The second-order valence-electron chi connectivity index (χ2n) is 6.62. The summed E-state index contributed by atoms with van der Waals surface area (Å²) in [7, 11) is 0. The van der Waals surface area contributed by atoms with Gasteiger partial charge in [-0.1, -0.05) is 36.8 Å². The first kappa shape index (κ1) is 14.6. The van der Waals surface area contributed by atoms with Crippen LogP contribution in [0.25, 0.3) is 0 Å². The molecule has 3 heteroatoms. The molecule has 1 saturated heterocycles. The fourth-order valence-electron chi connectivity index (χ4n) is 3.36. The molecule has 1 saturated carbocycles. The molecule has 1 amide bonds. The molecule has 1 N–H and O–H groups in total. The van der Waals surface area contributed by atoms with E-state index in [1.54, 1.807) is 0 Å². The van der Waals surface area contributed by atoms with Gasteiger partial charge in [0, 0.05) is 12.6 Å². The first-order valence-corrected chi connectivity index (χ1v) is 8.26. The Balaban J connectivity index is 1.78. The fraction of sp³-hybridized carbons (Fsp3) is 0.611. The maximum absolute atomic E-state index is 13.1. The maximum atomic E-state index is 13.1. The molecular formula is C18H26N2O. The van der Waals surface area contributed by atoms with Crippen molar-refractivity contribution in [1.29, 1.82) is 0 Å². The highest BCUT2D eigenvalue weighted by molar-refractivity contribution is 5.87. The molecule has 1 aliphatic carbocycles. The number of nitrogens with one attached hydrogen (secondary N) is 1. The molecule has 0 spiro atoms. The van der Waals surface area contributed by atoms with Crippen molar-refractivity contribution < 1.29 is 4.79 Å². The lowest BCUT2D eigenvalue weighted by atomic mass is 9.92. The van der Waals surface area contributed by atoms with Crippen LogP contribution < -0.4 is 5.32 Å². The predicted molar refractivity (Wildman–Crippen MR) is 85.0 cm³/mol. The molecule has 114 valence electrons. The average molecular weight is 286 g/mol. The average Bonchev–Trinajstić information content (AvgIpc) is 3.22. The molecule has 1 heterocycles. The number of aryl methyl sites for hydroxylation is 1. The van der Waals surface area contributed by atoms with Gasteiger partial charge in [-0.05, 0) is 51.1 Å². The van der Waals surface area contributed by atoms with E-state index in [0.717, 1.165) is 45.2 Å². The van der Waals surface area contributed by atoms with Crippen LogP contribution in [0.15, 0.2) is 24.3 Å². The van der Waals surface area contributed by atoms with Crippen LogP contribution in [0.5, 0.6) is 0 Å². The SMILES string of the molecule is CCC1(C(=O)N(Cc2ccc(C)cc2)C2CC2)CCCN1. The lowest BCUT2D eigenvalue weighted by Gasteiger charge is -2.34. The van der Waals surface area contributed by atoms with Crippen molar-refractivity contribution in [3.05, 3.63) is 35.4 Å². The van der Waals surface area contributed by atoms with Crippen molar-refractivity contribution in [2.24, 2.45) is 0 Å². The van der Waals surface area contributed by atoms with Gasteiger partial charge >= 0.3 is 0 Å². The molecule has 3 nitrogen and oxygen atoms in total. The van der Waals surface area contributed by atoms with Gasteiger partial charge in [-0.3, -0.25) is 4.79 Å². The summed E-state index contributed by atoms with van der Waals surface area (Å²) in [5.41, 5.74) is 2.21. The topological polar surface area (TPSA) is 32.3 Å². The number of carbonyl (C=O) groups excluding carboxylic acids is 1. The zero-order valence-corrected chi connectivity index (χ0v) is 13.2. The summed E-state index contributed by atoms with van der Waals surface area (Å²) in [4.78, 5) is 15.2. The van der Waals surface area contributed by atoms with Gasteiger partial charge in [0.2, 0.25) is 5.91 Å². The van der Waals surface area contributed by atoms with Crippen LogP contribution in [0.2, 0.25) is 0 Å². The van der Waals surface area contributed by atoms with E-state index in [2.05, 4.69) is 48.3 Å². The Labute approximate surface area is 127 Å². The number of benzene rings is 1. The number of nitrogens with zero attached hydrogens (tertiary/aromatic N) is 1.